The Morgan fingerprint density at radius 3 is 2.80 bits per heavy atom. The first-order valence-corrected chi connectivity index (χ1v) is 5.85. The number of morpholine rings is 1. The largest absolute Gasteiger partial charge is 0.379 e. The maximum atomic E-state index is 11.1. The van der Waals surface area contributed by atoms with Gasteiger partial charge in [0.15, 0.2) is 0 Å². The van der Waals surface area contributed by atoms with Crippen molar-refractivity contribution < 1.29 is 9.53 Å². The van der Waals surface area contributed by atoms with Crippen LogP contribution >= 0.6 is 11.6 Å². The Kier molecular flexibility index (Phi) is 5.98. The van der Waals surface area contributed by atoms with E-state index < -0.39 is 5.38 Å². The zero-order valence-corrected chi connectivity index (χ0v) is 9.92. The maximum Gasteiger partial charge on any atom is 0.237 e. The van der Waals surface area contributed by atoms with E-state index >= 15 is 0 Å². The van der Waals surface area contributed by atoms with Gasteiger partial charge in [0.2, 0.25) is 5.91 Å². The molecule has 88 valence electrons. The van der Waals surface area contributed by atoms with E-state index in [1.165, 1.54) is 0 Å². The number of carbonyl (C=O) groups excluding carboxylic acids is 1. The third-order valence-electron chi connectivity index (χ3n) is 2.42. The molecule has 1 heterocycles. The summed E-state index contributed by atoms with van der Waals surface area (Å²) < 4.78 is 5.25. The van der Waals surface area contributed by atoms with Crippen LogP contribution in [0.25, 0.3) is 0 Å². The summed E-state index contributed by atoms with van der Waals surface area (Å²) in [5.41, 5.74) is 0. The van der Waals surface area contributed by atoms with Gasteiger partial charge < -0.3 is 10.1 Å². The van der Waals surface area contributed by atoms with Crippen LogP contribution in [0.15, 0.2) is 0 Å². The van der Waals surface area contributed by atoms with E-state index in [2.05, 4.69) is 10.2 Å². The second kappa shape index (κ2) is 7.04. The van der Waals surface area contributed by atoms with Crippen LogP contribution in [0.2, 0.25) is 0 Å². The van der Waals surface area contributed by atoms with Crippen LogP contribution in [-0.2, 0) is 9.53 Å². The molecular weight excluding hydrogens is 216 g/mol. The highest BCUT2D eigenvalue weighted by Crippen LogP contribution is 1.97. The monoisotopic (exact) mass is 234 g/mol. The van der Waals surface area contributed by atoms with E-state index in [-0.39, 0.29) is 5.91 Å². The van der Waals surface area contributed by atoms with Crippen LogP contribution in [0.1, 0.15) is 13.3 Å². The molecule has 4 nitrogen and oxygen atoms in total. The van der Waals surface area contributed by atoms with Gasteiger partial charge in [-0.05, 0) is 19.9 Å². The van der Waals surface area contributed by atoms with E-state index in [0.29, 0.717) is 6.54 Å². The van der Waals surface area contributed by atoms with E-state index in [1.807, 2.05) is 0 Å². The highest BCUT2D eigenvalue weighted by molar-refractivity contribution is 6.30. The third kappa shape index (κ3) is 5.35. The van der Waals surface area contributed by atoms with Gasteiger partial charge in [-0.25, -0.2) is 0 Å². The average Bonchev–Trinajstić information content (AvgIpc) is 2.25. The van der Waals surface area contributed by atoms with Crippen LogP contribution in [0.4, 0.5) is 0 Å². The molecule has 1 atom stereocenters. The molecule has 1 rings (SSSR count). The molecule has 0 saturated carbocycles. The quantitative estimate of drug-likeness (QED) is 0.555. The fourth-order valence-electron chi connectivity index (χ4n) is 1.48. The normalized spacial score (nSPS) is 19.9. The van der Waals surface area contributed by atoms with Crippen molar-refractivity contribution in [2.45, 2.75) is 18.7 Å². The summed E-state index contributed by atoms with van der Waals surface area (Å²) in [6.07, 6.45) is 0.968. The van der Waals surface area contributed by atoms with Gasteiger partial charge in [-0.2, -0.15) is 0 Å². The number of amides is 1. The Hall–Kier alpha value is -0.320. The Balaban J connectivity index is 1.98. The van der Waals surface area contributed by atoms with Gasteiger partial charge in [0.25, 0.3) is 0 Å². The zero-order valence-electron chi connectivity index (χ0n) is 9.17. The topological polar surface area (TPSA) is 41.6 Å². The molecule has 5 heteroatoms. The van der Waals surface area contributed by atoms with Crippen molar-refractivity contribution >= 4 is 17.5 Å². The Labute approximate surface area is 95.9 Å². The molecule has 1 aliphatic rings. The fourth-order valence-corrected chi connectivity index (χ4v) is 1.56. The molecule has 0 bridgehead atoms. The van der Waals surface area contributed by atoms with Gasteiger partial charge >= 0.3 is 0 Å². The Morgan fingerprint density at radius 1 is 1.53 bits per heavy atom. The molecule has 0 spiro atoms. The lowest BCUT2D eigenvalue weighted by Crippen LogP contribution is -2.38. The minimum absolute atomic E-state index is 0.0846. The van der Waals surface area contributed by atoms with Crippen LogP contribution in [0.3, 0.4) is 0 Å². The molecule has 0 aromatic heterocycles. The lowest BCUT2D eigenvalue weighted by atomic mass is 10.3. The summed E-state index contributed by atoms with van der Waals surface area (Å²) in [5, 5.41) is 2.36. The van der Waals surface area contributed by atoms with Gasteiger partial charge in [0.05, 0.1) is 13.2 Å². The van der Waals surface area contributed by atoms with Crippen LogP contribution in [0, 0.1) is 0 Å². The van der Waals surface area contributed by atoms with Gasteiger partial charge in [-0.15, -0.1) is 11.6 Å². The molecule has 1 fully saturated rings. The van der Waals surface area contributed by atoms with E-state index in [1.54, 1.807) is 6.92 Å². The van der Waals surface area contributed by atoms with Gasteiger partial charge in [-0.1, -0.05) is 0 Å². The number of hydrogen-bond acceptors (Lipinski definition) is 3. The van der Waals surface area contributed by atoms with Gasteiger partial charge in [-0.3, -0.25) is 9.69 Å². The highest BCUT2D eigenvalue weighted by Gasteiger charge is 2.10. The van der Waals surface area contributed by atoms with Crippen molar-refractivity contribution in [2.24, 2.45) is 0 Å². The van der Waals surface area contributed by atoms with E-state index in [4.69, 9.17) is 16.3 Å². The van der Waals surface area contributed by atoms with Crippen molar-refractivity contribution in [1.29, 1.82) is 0 Å². The first-order chi connectivity index (χ1) is 7.20. The lowest BCUT2D eigenvalue weighted by molar-refractivity contribution is -0.120. The van der Waals surface area contributed by atoms with Crippen molar-refractivity contribution in [3.05, 3.63) is 0 Å². The number of rotatable bonds is 5. The second-order valence-corrected chi connectivity index (χ2v) is 4.37. The summed E-state index contributed by atoms with van der Waals surface area (Å²) in [4.78, 5) is 13.5. The van der Waals surface area contributed by atoms with Gasteiger partial charge in [0, 0.05) is 19.6 Å². The molecule has 1 amide bonds. The standard InChI is InChI=1S/C10H19ClN2O2/c1-9(11)10(14)12-3-2-4-13-5-7-15-8-6-13/h9H,2-8H2,1H3,(H,12,14). The predicted octanol–water partition coefficient (Wildman–Crippen LogP) is 0.452. The molecular formula is C10H19ClN2O2. The van der Waals surface area contributed by atoms with Gasteiger partial charge in [0.1, 0.15) is 5.38 Å². The average molecular weight is 235 g/mol. The lowest BCUT2D eigenvalue weighted by Gasteiger charge is -2.26. The maximum absolute atomic E-state index is 11.1. The number of ether oxygens (including phenoxy) is 1. The number of halogens is 1. The SMILES string of the molecule is CC(Cl)C(=O)NCCCN1CCOCC1. The predicted molar refractivity (Wildman–Crippen MR) is 60.2 cm³/mol. The molecule has 0 aromatic rings. The fraction of sp³-hybridized carbons (Fsp3) is 0.900. The summed E-state index contributed by atoms with van der Waals surface area (Å²) in [7, 11) is 0. The summed E-state index contributed by atoms with van der Waals surface area (Å²) in [6, 6.07) is 0. The zero-order chi connectivity index (χ0) is 11.1. The summed E-state index contributed by atoms with van der Waals surface area (Å²) in [6.45, 7) is 7.04. The molecule has 0 aromatic carbocycles. The van der Waals surface area contributed by atoms with Crippen LogP contribution in [0.5, 0.6) is 0 Å². The molecule has 1 saturated heterocycles. The minimum atomic E-state index is -0.437. The molecule has 1 unspecified atom stereocenters. The Morgan fingerprint density at radius 2 is 2.20 bits per heavy atom. The number of alkyl halides is 1. The molecule has 0 aliphatic carbocycles. The van der Waals surface area contributed by atoms with Crippen LogP contribution < -0.4 is 5.32 Å². The Bertz CT molecular complexity index is 194. The first-order valence-electron chi connectivity index (χ1n) is 5.42. The molecule has 1 aliphatic heterocycles. The third-order valence-corrected chi connectivity index (χ3v) is 2.61. The highest BCUT2D eigenvalue weighted by atomic mass is 35.5. The molecule has 0 radical (unpaired) electrons. The smallest absolute Gasteiger partial charge is 0.237 e. The number of nitrogens with zero attached hydrogens (tertiary/aromatic N) is 1. The van der Waals surface area contributed by atoms with E-state index in [0.717, 1.165) is 39.3 Å². The number of carbonyl (C=O) groups is 1. The number of hydrogen-bond donors (Lipinski definition) is 1. The number of nitrogens with one attached hydrogen (secondary N) is 1. The van der Waals surface area contributed by atoms with Crippen LogP contribution in [-0.4, -0.2) is 55.6 Å². The van der Waals surface area contributed by atoms with Crippen molar-refractivity contribution in [2.75, 3.05) is 39.4 Å². The van der Waals surface area contributed by atoms with E-state index in [9.17, 15) is 4.79 Å². The minimum Gasteiger partial charge on any atom is -0.379 e. The van der Waals surface area contributed by atoms with Crippen molar-refractivity contribution in [3.8, 4) is 0 Å². The summed E-state index contributed by atoms with van der Waals surface area (Å²) in [5.74, 6) is -0.0846. The molecule has 1 N–H and O–H groups in total. The van der Waals surface area contributed by atoms with Crippen molar-refractivity contribution in [3.63, 3.8) is 0 Å². The molecule has 15 heavy (non-hydrogen) atoms. The first kappa shape index (κ1) is 12.7. The summed E-state index contributed by atoms with van der Waals surface area (Å²) >= 11 is 5.62. The van der Waals surface area contributed by atoms with Crippen molar-refractivity contribution in [1.82, 2.24) is 10.2 Å². The second-order valence-electron chi connectivity index (χ2n) is 3.71.